The summed E-state index contributed by atoms with van der Waals surface area (Å²) in [5, 5.41) is 27.5. The van der Waals surface area contributed by atoms with Crippen molar-refractivity contribution in [2.24, 2.45) is 5.16 Å². The van der Waals surface area contributed by atoms with Gasteiger partial charge in [0.2, 0.25) is 11.5 Å². The summed E-state index contributed by atoms with van der Waals surface area (Å²) in [6.45, 7) is 1.23. The molecule has 34 heavy (non-hydrogen) atoms. The smallest absolute Gasteiger partial charge is 0.278 e. The van der Waals surface area contributed by atoms with Crippen LogP contribution in [0.5, 0.6) is 0 Å². The number of likely N-dealkylation sites (tertiary alicyclic amines) is 1. The van der Waals surface area contributed by atoms with E-state index >= 15 is 0 Å². The monoisotopic (exact) mass is 511 g/mol. The molecule has 4 heterocycles. The van der Waals surface area contributed by atoms with Crippen molar-refractivity contribution in [2.45, 2.75) is 30.3 Å². The highest BCUT2D eigenvalue weighted by atomic mass is 32.2. The van der Waals surface area contributed by atoms with E-state index in [9.17, 15) is 24.6 Å². The molecule has 0 unspecified atom stereocenters. The largest absolute Gasteiger partial charge is 0.543 e. The van der Waals surface area contributed by atoms with Crippen LogP contribution in [0.4, 0.5) is 5.13 Å². The molecule has 3 aliphatic rings. The Morgan fingerprint density at radius 3 is 2.85 bits per heavy atom. The van der Waals surface area contributed by atoms with Crippen molar-refractivity contribution in [1.82, 2.24) is 19.6 Å². The standard InChI is InChI=1S/C19H25N7O6S2/c1-26(5-3-4-10(26)7-27)6-9-8-33-17-12(16(29)25(17)13(9)18(30)31)21-15(28)11(23-32-2)14-22-19(20)34-24-14/h10,12,17,27H,3-8H2,1-2H3,(H3-,20,21,22,24,28,30,31)/b23-11-/t10-,12+,17+,26-/m0/s1. The minimum Gasteiger partial charge on any atom is -0.543 e. The number of aromatic nitrogens is 2. The number of carboxylic acid groups (broad SMARTS) is 1. The van der Waals surface area contributed by atoms with Gasteiger partial charge in [-0.1, -0.05) is 5.16 Å². The van der Waals surface area contributed by atoms with Crippen LogP contribution in [0.25, 0.3) is 0 Å². The first kappa shape index (κ1) is 24.4. The molecule has 4 atom stereocenters. The molecule has 0 aromatic carbocycles. The Morgan fingerprint density at radius 1 is 1.47 bits per heavy atom. The summed E-state index contributed by atoms with van der Waals surface area (Å²) in [4.78, 5) is 47.6. The number of amides is 2. The second kappa shape index (κ2) is 9.48. The number of aliphatic carboxylic acids is 1. The quantitative estimate of drug-likeness (QED) is 0.146. The van der Waals surface area contributed by atoms with E-state index in [0.29, 0.717) is 22.4 Å². The number of aliphatic hydroxyl groups excluding tert-OH is 1. The van der Waals surface area contributed by atoms with Crippen molar-refractivity contribution in [3.63, 3.8) is 0 Å². The molecule has 0 saturated carbocycles. The molecule has 1 aromatic rings. The average Bonchev–Trinajstić information content (AvgIpc) is 3.39. The van der Waals surface area contributed by atoms with Crippen LogP contribution in [0.3, 0.4) is 0 Å². The van der Waals surface area contributed by atoms with Crippen LogP contribution < -0.4 is 16.2 Å². The van der Waals surface area contributed by atoms with Gasteiger partial charge in [-0.2, -0.15) is 9.36 Å². The number of oxime groups is 1. The number of aliphatic hydroxyl groups is 1. The fraction of sp³-hybridized carbons (Fsp3) is 0.579. The summed E-state index contributed by atoms with van der Waals surface area (Å²) >= 11 is 2.24. The number of carbonyl (C=O) groups is 3. The number of nitrogens with zero attached hydrogens (tertiary/aromatic N) is 5. The molecule has 15 heteroatoms. The minimum absolute atomic E-state index is 0.0157. The Hall–Kier alpha value is -2.75. The van der Waals surface area contributed by atoms with Crippen LogP contribution in [0, 0.1) is 0 Å². The zero-order valence-electron chi connectivity index (χ0n) is 18.6. The maximum absolute atomic E-state index is 13.0. The molecule has 0 aliphatic carbocycles. The second-order valence-corrected chi connectivity index (χ2v) is 10.4. The summed E-state index contributed by atoms with van der Waals surface area (Å²) < 4.78 is 4.45. The highest BCUT2D eigenvalue weighted by molar-refractivity contribution is 8.00. The number of nitrogens with one attached hydrogen (secondary N) is 1. The van der Waals surface area contributed by atoms with Crippen molar-refractivity contribution in [1.29, 1.82) is 0 Å². The number of carboxylic acids is 1. The molecule has 0 spiro atoms. The molecule has 13 nitrogen and oxygen atoms in total. The molecule has 2 saturated heterocycles. The lowest BCUT2D eigenvalue weighted by molar-refractivity contribution is -0.917. The van der Waals surface area contributed by atoms with Crippen molar-refractivity contribution in [3.8, 4) is 0 Å². The normalized spacial score (nSPS) is 29.0. The minimum atomic E-state index is -1.44. The van der Waals surface area contributed by atoms with Crippen LogP contribution >= 0.6 is 23.3 Å². The van der Waals surface area contributed by atoms with Gasteiger partial charge in [0.15, 0.2) is 5.13 Å². The number of anilines is 1. The lowest BCUT2D eigenvalue weighted by Gasteiger charge is -2.51. The molecule has 1 aromatic heterocycles. The van der Waals surface area contributed by atoms with Gasteiger partial charge in [-0.05, 0) is 0 Å². The van der Waals surface area contributed by atoms with Crippen LogP contribution in [0.1, 0.15) is 18.7 Å². The van der Waals surface area contributed by atoms with Crippen LogP contribution in [-0.4, -0.2) is 104 Å². The molecule has 4 rings (SSSR count). The number of hydrogen-bond donors (Lipinski definition) is 3. The third kappa shape index (κ3) is 4.23. The van der Waals surface area contributed by atoms with Crippen LogP contribution in [0.15, 0.2) is 16.4 Å². The van der Waals surface area contributed by atoms with Gasteiger partial charge in [0.1, 0.15) is 31.1 Å². The van der Waals surface area contributed by atoms with E-state index < -0.39 is 29.2 Å². The number of likely N-dealkylation sites (N-methyl/N-ethyl adjacent to an activating group) is 1. The number of hydrogen-bond acceptors (Lipinski definition) is 12. The van der Waals surface area contributed by atoms with Gasteiger partial charge in [0.05, 0.1) is 31.9 Å². The summed E-state index contributed by atoms with van der Waals surface area (Å²) in [5.74, 6) is -2.43. The van der Waals surface area contributed by atoms with Crippen molar-refractivity contribution < 1.29 is 33.9 Å². The lowest BCUT2D eigenvalue weighted by atomic mass is 10.0. The molecule has 0 bridgehead atoms. The molecule has 0 radical (unpaired) electrons. The van der Waals surface area contributed by atoms with Gasteiger partial charge in [-0.15, -0.1) is 11.8 Å². The Morgan fingerprint density at radius 2 is 2.24 bits per heavy atom. The summed E-state index contributed by atoms with van der Waals surface area (Å²) in [7, 11) is 3.24. The Kier molecular flexibility index (Phi) is 6.80. The number of quaternary nitrogens is 1. The number of nitrogens with two attached hydrogens (primary N) is 1. The highest BCUT2D eigenvalue weighted by Crippen LogP contribution is 2.41. The fourth-order valence-corrected chi connectivity index (χ4v) is 6.49. The Bertz CT molecular complexity index is 1080. The molecule has 184 valence electrons. The van der Waals surface area contributed by atoms with Crippen molar-refractivity contribution in [2.75, 3.05) is 45.3 Å². The van der Waals surface area contributed by atoms with E-state index in [0.717, 1.165) is 30.9 Å². The van der Waals surface area contributed by atoms with Gasteiger partial charge in [0, 0.05) is 35.7 Å². The third-order valence-corrected chi connectivity index (χ3v) is 8.31. The average molecular weight is 512 g/mol. The first-order chi connectivity index (χ1) is 16.2. The second-order valence-electron chi connectivity index (χ2n) is 8.52. The maximum atomic E-state index is 13.0. The van der Waals surface area contributed by atoms with E-state index in [-0.39, 0.29) is 35.0 Å². The fourth-order valence-electron chi connectivity index (χ4n) is 4.72. The molecular formula is C19H25N7O6S2. The van der Waals surface area contributed by atoms with Gasteiger partial charge < -0.3 is 35.4 Å². The number of β-lactam (4-membered cyclic amide) rings is 1. The molecule has 4 N–H and O–H groups in total. The molecular weight excluding hydrogens is 486 g/mol. The first-order valence-corrected chi connectivity index (χ1v) is 12.4. The number of carbonyl (C=O) groups excluding carboxylic acids is 3. The zero-order valence-corrected chi connectivity index (χ0v) is 20.2. The lowest BCUT2D eigenvalue weighted by Crippen LogP contribution is -2.72. The van der Waals surface area contributed by atoms with Gasteiger partial charge >= 0.3 is 0 Å². The summed E-state index contributed by atoms with van der Waals surface area (Å²) in [6.07, 6.45) is 1.80. The van der Waals surface area contributed by atoms with Crippen molar-refractivity contribution >= 4 is 51.9 Å². The Labute approximate surface area is 203 Å². The SMILES string of the molecule is CO/N=C(\C(=O)N[C@@H]1C(=O)N2C(C(=O)[O-])=C(C[N@+]3(C)CCC[C@H]3CO)CS[C@H]12)c1nsc(N)n1. The van der Waals surface area contributed by atoms with E-state index in [1.54, 1.807) is 0 Å². The van der Waals surface area contributed by atoms with E-state index in [2.05, 4.69) is 19.8 Å². The maximum Gasteiger partial charge on any atom is 0.278 e. The van der Waals surface area contributed by atoms with Gasteiger partial charge in [0.25, 0.3) is 11.8 Å². The zero-order chi connectivity index (χ0) is 24.6. The van der Waals surface area contributed by atoms with E-state index in [1.807, 2.05) is 7.05 Å². The molecule has 3 aliphatic heterocycles. The van der Waals surface area contributed by atoms with Gasteiger partial charge in [-0.25, -0.2) is 0 Å². The van der Waals surface area contributed by atoms with Crippen molar-refractivity contribution in [3.05, 3.63) is 17.1 Å². The summed E-state index contributed by atoms with van der Waals surface area (Å²) in [5.41, 5.74) is 5.76. The predicted molar refractivity (Wildman–Crippen MR) is 121 cm³/mol. The number of nitrogen functional groups attached to an aromatic ring is 1. The molecule has 2 fully saturated rings. The summed E-state index contributed by atoms with van der Waals surface area (Å²) in [6, 6.07) is -0.947. The third-order valence-electron chi connectivity index (χ3n) is 6.43. The molecule has 2 amide bonds. The van der Waals surface area contributed by atoms with Crippen LogP contribution in [0.2, 0.25) is 0 Å². The predicted octanol–water partition coefficient (Wildman–Crippen LogP) is -2.52. The van der Waals surface area contributed by atoms with Gasteiger partial charge in [-0.3, -0.25) is 14.5 Å². The number of thioether (sulfide) groups is 1. The number of rotatable bonds is 8. The topological polar surface area (TPSA) is 183 Å². The van der Waals surface area contributed by atoms with Crippen LogP contribution in [-0.2, 0) is 19.2 Å². The Balaban J connectivity index is 1.53. The highest BCUT2D eigenvalue weighted by Gasteiger charge is 2.54. The number of fused-ring (bicyclic) bond motifs is 1. The van der Waals surface area contributed by atoms with E-state index in [1.165, 1.54) is 23.8 Å². The van der Waals surface area contributed by atoms with E-state index in [4.69, 9.17) is 10.6 Å². The first-order valence-electron chi connectivity index (χ1n) is 10.5.